The second-order valence-electron chi connectivity index (χ2n) is 7.29. The molecular formula is C23H32O6. The van der Waals surface area contributed by atoms with Crippen LogP contribution in [0.3, 0.4) is 0 Å². The lowest BCUT2D eigenvalue weighted by Crippen LogP contribution is -2.23. The highest BCUT2D eigenvalue weighted by Gasteiger charge is 2.32. The summed E-state index contributed by atoms with van der Waals surface area (Å²) in [5.74, 6) is -0.458. The number of ether oxygens (including phenoxy) is 4. The van der Waals surface area contributed by atoms with Gasteiger partial charge in [-0.3, -0.25) is 0 Å². The summed E-state index contributed by atoms with van der Waals surface area (Å²) in [6.07, 6.45) is -0.720. The first-order chi connectivity index (χ1) is 14.0. The molecule has 6 heteroatoms. The molecule has 0 aromatic heterocycles. The van der Waals surface area contributed by atoms with Crippen molar-refractivity contribution in [3.05, 3.63) is 71.8 Å². The third-order valence-corrected chi connectivity index (χ3v) is 4.12. The zero-order chi connectivity index (χ0) is 21.0. The van der Waals surface area contributed by atoms with Crippen molar-refractivity contribution in [3.8, 4) is 0 Å². The van der Waals surface area contributed by atoms with E-state index in [0.717, 1.165) is 5.56 Å². The van der Waals surface area contributed by atoms with Crippen LogP contribution in [0, 0.1) is 0 Å². The zero-order valence-electron chi connectivity index (χ0n) is 17.2. The van der Waals surface area contributed by atoms with Crippen molar-refractivity contribution in [1.82, 2.24) is 0 Å². The highest BCUT2D eigenvalue weighted by Crippen LogP contribution is 2.22. The van der Waals surface area contributed by atoms with Crippen LogP contribution in [-0.4, -0.2) is 54.6 Å². The largest absolute Gasteiger partial charge is 0.394 e. The van der Waals surface area contributed by atoms with Crippen LogP contribution < -0.4 is 0 Å². The lowest BCUT2D eigenvalue weighted by atomic mass is 10.2. The Balaban J connectivity index is 0.000000212. The van der Waals surface area contributed by atoms with Crippen LogP contribution in [0.15, 0.2) is 60.7 Å². The Hall–Kier alpha value is -1.80. The Morgan fingerprint density at radius 2 is 1.52 bits per heavy atom. The summed E-state index contributed by atoms with van der Waals surface area (Å²) in [4.78, 5) is 0. The van der Waals surface area contributed by atoms with Gasteiger partial charge in [-0.15, -0.1) is 0 Å². The van der Waals surface area contributed by atoms with Crippen LogP contribution in [0.25, 0.3) is 0 Å². The van der Waals surface area contributed by atoms with Crippen LogP contribution >= 0.6 is 0 Å². The Morgan fingerprint density at radius 3 is 2.00 bits per heavy atom. The van der Waals surface area contributed by atoms with Gasteiger partial charge in [0.1, 0.15) is 12.2 Å². The summed E-state index contributed by atoms with van der Waals surface area (Å²) >= 11 is 0. The van der Waals surface area contributed by atoms with E-state index < -0.39 is 11.9 Å². The summed E-state index contributed by atoms with van der Waals surface area (Å²) in [5, 5.41) is 17.5. The molecule has 0 spiro atoms. The van der Waals surface area contributed by atoms with Gasteiger partial charge in [0.2, 0.25) is 0 Å². The summed E-state index contributed by atoms with van der Waals surface area (Å²) < 4.78 is 21.8. The molecule has 2 N–H and O–H groups in total. The minimum Gasteiger partial charge on any atom is -0.394 e. The molecule has 2 aromatic carbocycles. The molecule has 160 valence electrons. The van der Waals surface area contributed by atoms with Crippen LogP contribution in [0.2, 0.25) is 0 Å². The maximum Gasteiger partial charge on any atom is 0.163 e. The van der Waals surface area contributed by atoms with Crippen LogP contribution in [0.5, 0.6) is 0 Å². The van der Waals surface area contributed by atoms with Gasteiger partial charge >= 0.3 is 0 Å². The average molecular weight is 405 g/mol. The van der Waals surface area contributed by atoms with Gasteiger partial charge in [-0.1, -0.05) is 60.7 Å². The molecule has 0 unspecified atom stereocenters. The number of hydrogen-bond donors (Lipinski definition) is 2. The third kappa shape index (κ3) is 9.99. The van der Waals surface area contributed by atoms with Crippen molar-refractivity contribution in [2.24, 2.45) is 0 Å². The van der Waals surface area contributed by atoms with E-state index in [9.17, 15) is 0 Å². The second kappa shape index (κ2) is 12.7. The van der Waals surface area contributed by atoms with Gasteiger partial charge in [0.15, 0.2) is 5.79 Å². The van der Waals surface area contributed by atoms with Gasteiger partial charge in [-0.2, -0.15) is 0 Å². The fraction of sp³-hybridized carbons (Fsp3) is 0.478. The molecule has 6 nitrogen and oxygen atoms in total. The minimum atomic E-state index is -0.774. The summed E-state index contributed by atoms with van der Waals surface area (Å²) in [6, 6.07) is 19.8. The molecule has 1 heterocycles. The molecular weight excluding hydrogens is 372 g/mol. The third-order valence-electron chi connectivity index (χ3n) is 4.12. The molecule has 2 aromatic rings. The highest BCUT2D eigenvalue weighted by molar-refractivity contribution is 5.14. The molecule has 0 bridgehead atoms. The van der Waals surface area contributed by atoms with Gasteiger partial charge in [0.05, 0.1) is 39.6 Å². The first-order valence-corrected chi connectivity index (χ1v) is 9.82. The molecule has 3 rings (SSSR count). The van der Waals surface area contributed by atoms with E-state index in [4.69, 9.17) is 29.2 Å². The molecule has 1 fully saturated rings. The number of hydrogen-bond acceptors (Lipinski definition) is 6. The monoisotopic (exact) mass is 404 g/mol. The molecule has 2 atom stereocenters. The van der Waals surface area contributed by atoms with Gasteiger partial charge < -0.3 is 29.2 Å². The minimum absolute atomic E-state index is 0.0544. The average Bonchev–Trinajstić information content (AvgIpc) is 3.08. The van der Waals surface area contributed by atoms with Crippen LogP contribution in [-0.2, 0) is 32.2 Å². The highest BCUT2D eigenvalue weighted by atomic mass is 16.7. The molecule has 0 saturated carbocycles. The van der Waals surface area contributed by atoms with Crippen LogP contribution in [0.4, 0.5) is 0 Å². The lowest BCUT2D eigenvalue weighted by Gasteiger charge is -2.17. The van der Waals surface area contributed by atoms with E-state index in [1.165, 1.54) is 5.56 Å². The predicted octanol–water partition coefficient (Wildman–Crippen LogP) is 2.91. The molecule has 1 aliphatic heterocycles. The standard InChI is InChI=1S/C13H18O3.C10H14O3/c1-13(2)15-10-12(16-13)9-14-8-11-6-4-3-5-7-11;11-6-10(12)8-13-7-9-4-2-1-3-5-9/h3-7,12H,8-10H2,1-2H3;1-5,10-12H,6-8H2/t12-;10-/m01/s1. The smallest absolute Gasteiger partial charge is 0.163 e. The second-order valence-corrected chi connectivity index (χ2v) is 7.29. The van der Waals surface area contributed by atoms with Gasteiger partial charge in [-0.25, -0.2) is 0 Å². The Morgan fingerprint density at radius 1 is 0.966 bits per heavy atom. The fourth-order valence-electron chi connectivity index (χ4n) is 2.67. The lowest BCUT2D eigenvalue weighted by molar-refractivity contribution is -0.145. The topological polar surface area (TPSA) is 77.4 Å². The summed E-state index contributed by atoms with van der Waals surface area (Å²) in [7, 11) is 0. The fourth-order valence-corrected chi connectivity index (χ4v) is 2.67. The quantitative estimate of drug-likeness (QED) is 0.669. The van der Waals surface area contributed by atoms with E-state index in [0.29, 0.717) is 26.4 Å². The van der Waals surface area contributed by atoms with Crippen molar-refractivity contribution >= 4 is 0 Å². The van der Waals surface area contributed by atoms with Crippen molar-refractivity contribution in [1.29, 1.82) is 0 Å². The molecule has 0 amide bonds. The maximum atomic E-state index is 8.96. The van der Waals surface area contributed by atoms with Gasteiger partial charge in [-0.05, 0) is 25.0 Å². The van der Waals surface area contributed by atoms with E-state index in [1.54, 1.807) is 0 Å². The van der Waals surface area contributed by atoms with Crippen molar-refractivity contribution in [2.45, 2.75) is 45.1 Å². The van der Waals surface area contributed by atoms with Crippen molar-refractivity contribution in [2.75, 3.05) is 26.4 Å². The molecule has 29 heavy (non-hydrogen) atoms. The summed E-state index contributed by atoms with van der Waals surface area (Å²) in [5.41, 5.74) is 2.24. The molecule has 1 saturated heterocycles. The van der Waals surface area contributed by atoms with E-state index in [-0.39, 0.29) is 19.3 Å². The maximum absolute atomic E-state index is 8.96. The Labute approximate surface area is 173 Å². The van der Waals surface area contributed by atoms with Crippen molar-refractivity contribution < 1.29 is 29.2 Å². The molecule has 0 radical (unpaired) electrons. The number of aliphatic hydroxyl groups is 2. The predicted molar refractivity (Wildman–Crippen MR) is 110 cm³/mol. The van der Waals surface area contributed by atoms with Gasteiger partial charge in [0.25, 0.3) is 0 Å². The number of rotatable bonds is 9. The Bertz CT molecular complexity index is 662. The van der Waals surface area contributed by atoms with Crippen molar-refractivity contribution in [3.63, 3.8) is 0 Å². The zero-order valence-corrected chi connectivity index (χ0v) is 17.2. The molecule has 1 aliphatic rings. The first-order valence-electron chi connectivity index (χ1n) is 9.82. The summed E-state index contributed by atoms with van der Waals surface area (Å²) in [6.45, 7) is 6.05. The molecule has 0 aliphatic carbocycles. The van der Waals surface area contributed by atoms with E-state index >= 15 is 0 Å². The van der Waals surface area contributed by atoms with E-state index in [2.05, 4.69) is 12.1 Å². The number of benzene rings is 2. The Kier molecular flexibility index (Phi) is 10.3. The first kappa shape index (κ1) is 23.5. The van der Waals surface area contributed by atoms with Crippen LogP contribution in [0.1, 0.15) is 25.0 Å². The SMILES string of the molecule is CC1(C)OC[C@H](COCc2ccccc2)O1.OC[C@@H](O)COCc1ccccc1. The normalized spacial score (nSPS) is 18.7. The number of aliphatic hydroxyl groups excluding tert-OH is 2. The van der Waals surface area contributed by atoms with Gasteiger partial charge in [0, 0.05) is 0 Å². The van der Waals surface area contributed by atoms with E-state index in [1.807, 2.05) is 62.4 Å².